The van der Waals surface area contributed by atoms with Crippen molar-refractivity contribution in [1.82, 2.24) is 0 Å². The summed E-state index contributed by atoms with van der Waals surface area (Å²) in [7, 11) is 0. The van der Waals surface area contributed by atoms with E-state index < -0.39 is 0 Å². The monoisotopic (exact) mass is 537 g/mol. The lowest BCUT2D eigenvalue weighted by atomic mass is 9.99. The zero-order valence-corrected chi connectivity index (χ0v) is 22.9. The molecule has 0 aliphatic rings. The Balaban J connectivity index is 1.26. The van der Waals surface area contributed by atoms with Crippen molar-refractivity contribution in [3.05, 3.63) is 164 Å². The van der Waals surface area contributed by atoms with Crippen LogP contribution in [-0.4, -0.2) is 0 Å². The second kappa shape index (κ2) is 10.1. The second-order valence-electron chi connectivity index (χ2n) is 10.6. The van der Waals surface area contributed by atoms with Gasteiger partial charge in [-0.15, -0.1) is 0 Å². The van der Waals surface area contributed by atoms with Gasteiger partial charge in [0.1, 0.15) is 5.58 Å². The average molecular weight is 538 g/mol. The molecule has 0 bridgehead atoms. The van der Waals surface area contributed by atoms with E-state index in [0.717, 1.165) is 39.0 Å². The average Bonchev–Trinajstić information content (AvgIpc) is 3.46. The summed E-state index contributed by atoms with van der Waals surface area (Å²) >= 11 is 0. The fourth-order valence-electron chi connectivity index (χ4n) is 6.05. The van der Waals surface area contributed by atoms with Gasteiger partial charge in [-0.05, 0) is 75.5 Å². The third kappa shape index (κ3) is 4.13. The van der Waals surface area contributed by atoms with Crippen molar-refractivity contribution < 1.29 is 4.42 Å². The number of hydrogen-bond donors (Lipinski definition) is 0. The van der Waals surface area contributed by atoms with Crippen LogP contribution < -0.4 is 4.90 Å². The van der Waals surface area contributed by atoms with Crippen LogP contribution in [0, 0.1) is 0 Å². The van der Waals surface area contributed by atoms with Gasteiger partial charge < -0.3 is 9.32 Å². The van der Waals surface area contributed by atoms with E-state index in [4.69, 9.17) is 4.42 Å². The van der Waals surface area contributed by atoms with E-state index in [-0.39, 0.29) is 0 Å². The largest absolute Gasteiger partial charge is 0.454 e. The smallest absolute Gasteiger partial charge is 0.159 e. The maximum absolute atomic E-state index is 6.62. The van der Waals surface area contributed by atoms with Gasteiger partial charge in [-0.25, -0.2) is 0 Å². The summed E-state index contributed by atoms with van der Waals surface area (Å²) in [6, 6.07) is 57.8. The molecular weight excluding hydrogens is 510 g/mol. The van der Waals surface area contributed by atoms with E-state index >= 15 is 0 Å². The third-order valence-electron chi connectivity index (χ3n) is 8.05. The first-order valence-electron chi connectivity index (χ1n) is 14.3. The summed E-state index contributed by atoms with van der Waals surface area (Å²) in [6.45, 7) is 0. The van der Waals surface area contributed by atoms with Gasteiger partial charge in [0.25, 0.3) is 0 Å². The van der Waals surface area contributed by atoms with Gasteiger partial charge in [0.15, 0.2) is 5.58 Å². The molecule has 0 amide bonds. The maximum Gasteiger partial charge on any atom is 0.159 e. The summed E-state index contributed by atoms with van der Waals surface area (Å²) in [6.07, 6.45) is 0. The number of fused-ring (bicyclic) bond motifs is 5. The lowest BCUT2D eigenvalue weighted by Gasteiger charge is -2.25. The molecule has 2 heteroatoms. The summed E-state index contributed by atoms with van der Waals surface area (Å²) in [5.74, 6) is 0. The normalized spacial score (nSPS) is 11.3. The first-order valence-corrected chi connectivity index (χ1v) is 14.3. The molecule has 198 valence electrons. The molecule has 8 rings (SSSR count). The highest BCUT2D eigenvalue weighted by Crippen LogP contribution is 2.43. The van der Waals surface area contributed by atoms with Gasteiger partial charge in [0.2, 0.25) is 0 Å². The number of anilines is 3. The van der Waals surface area contributed by atoms with Gasteiger partial charge in [-0.3, -0.25) is 0 Å². The molecule has 0 spiro atoms. The molecule has 7 aromatic carbocycles. The Hall–Kier alpha value is -5.60. The van der Waals surface area contributed by atoms with Gasteiger partial charge in [0, 0.05) is 22.1 Å². The Labute approximate surface area is 244 Å². The SMILES string of the molecule is c1ccc(-c2cccc(-c3ccc(N(c4ccccc4)c4cccc5c4oc4ccc6ccccc6c45)cc3)c2)cc1. The van der Waals surface area contributed by atoms with Crippen LogP contribution in [0.1, 0.15) is 0 Å². The van der Waals surface area contributed by atoms with Crippen molar-refractivity contribution in [2.75, 3.05) is 4.90 Å². The Morgan fingerprint density at radius 1 is 0.405 bits per heavy atom. The molecule has 2 nitrogen and oxygen atoms in total. The second-order valence-corrected chi connectivity index (χ2v) is 10.6. The lowest BCUT2D eigenvalue weighted by Crippen LogP contribution is -2.10. The van der Waals surface area contributed by atoms with Crippen molar-refractivity contribution in [1.29, 1.82) is 0 Å². The van der Waals surface area contributed by atoms with Crippen LogP contribution in [-0.2, 0) is 0 Å². The van der Waals surface area contributed by atoms with Crippen molar-refractivity contribution in [3.8, 4) is 22.3 Å². The van der Waals surface area contributed by atoms with Crippen LogP contribution in [0.5, 0.6) is 0 Å². The van der Waals surface area contributed by atoms with Gasteiger partial charge in [0.05, 0.1) is 5.69 Å². The first kappa shape index (κ1) is 24.2. The Morgan fingerprint density at radius 3 is 1.79 bits per heavy atom. The Kier molecular flexibility index (Phi) is 5.82. The molecule has 0 unspecified atom stereocenters. The quantitative estimate of drug-likeness (QED) is 0.217. The van der Waals surface area contributed by atoms with E-state index in [1.165, 1.54) is 33.0 Å². The molecule has 0 radical (unpaired) electrons. The van der Waals surface area contributed by atoms with Crippen LogP contribution in [0.2, 0.25) is 0 Å². The first-order chi connectivity index (χ1) is 20.8. The highest BCUT2D eigenvalue weighted by Gasteiger charge is 2.20. The Bertz CT molecular complexity index is 2180. The number of hydrogen-bond acceptors (Lipinski definition) is 2. The maximum atomic E-state index is 6.62. The number of furan rings is 1. The van der Waals surface area contributed by atoms with Crippen LogP contribution in [0.3, 0.4) is 0 Å². The molecule has 0 aliphatic heterocycles. The van der Waals surface area contributed by atoms with Crippen molar-refractivity contribution >= 4 is 49.8 Å². The van der Waals surface area contributed by atoms with Gasteiger partial charge in [-0.1, -0.05) is 121 Å². The van der Waals surface area contributed by atoms with Gasteiger partial charge in [-0.2, -0.15) is 0 Å². The van der Waals surface area contributed by atoms with E-state index in [1.807, 2.05) is 0 Å². The summed E-state index contributed by atoms with van der Waals surface area (Å²) in [5, 5.41) is 4.70. The minimum absolute atomic E-state index is 0.882. The number of nitrogens with zero attached hydrogens (tertiary/aromatic N) is 1. The number of para-hydroxylation sites is 2. The lowest BCUT2D eigenvalue weighted by molar-refractivity contribution is 0.669. The minimum Gasteiger partial charge on any atom is -0.454 e. The highest BCUT2D eigenvalue weighted by molar-refractivity contribution is 6.20. The molecule has 1 aromatic heterocycles. The molecule has 0 N–H and O–H groups in total. The fourth-order valence-corrected chi connectivity index (χ4v) is 6.05. The number of benzene rings is 7. The topological polar surface area (TPSA) is 16.4 Å². The van der Waals surface area contributed by atoms with Crippen LogP contribution in [0.4, 0.5) is 17.1 Å². The van der Waals surface area contributed by atoms with E-state index in [0.29, 0.717) is 0 Å². The van der Waals surface area contributed by atoms with E-state index in [2.05, 4.69) is 169 Å². The minimum atomic E-state index is 0.882. The summed E-state index contributed by atoms with van der Waals surface area (Å²) in [4.78, 5) is 2.29. The molecule has 0 aliphatic carbocycles. The molecule has 0 fully saturated rings. The van der Waals surface area contributed by atoms with Crippen molar-refractivity contribution in [3.63, 3.8) is 0 Å². The molecule has 42 heavy (non-hydrogen) atoms. The van der Waals surface area contributed by atoms with E-state index in [1.54, 1.807) is 0 Å². The zero-order valence-electron chi connectivity index (χ0n) is 22.9. The van der Waals surface area contributed by atoms with Gasteiger partial charge >= 0.3 is 0 Å². The van der Waals surface area contributed by atoms with Crippen LogP contribution >= 0.6 is 0 Å². The molecule has 0 saturated carbocycles. The molecule has 0 saturated heterocycles. The molecule has 0 atom stereocenters. The molecular formula is C40H27NO. The standard InChI is InChI=1S/C40H27NO/c1-3-11-28(12-4-1)31-14-9-15-32(27-31)29-21-24-34(25-22-29)41(33-16-5-2-6-17-33)37-20-10-19-36-39-35-18-8-7-13-30(35)23-26-38(39)42-40(36)37/h1-27H. The van der Waals surface area contributed by atoms with E-state index in [9.17, 15) is 0 Å². The van der Waals surface area contributed by atoms with Crippen LogP contribution in [0.25, 0.3) is 55.0 Å². The third-order valence-corrected chi connectivity index (χ3v) is 8.05. The number of rotatable bonds is 5. The predicted octanol–water partition coefficient (Wildman–Crippen LogP) is 11.5. The van der Waals surface area contributed by atoms with Crippen molar-refractivity contribution in [2.24, 2.45) is 0 Å². The Morgan fingerprint density at radius 2 is 1.00 bits per heavy atom. The van der Waals surface area contributed by atoms with Crippen molar-refractivity contribution in [2.45, 2.75) is 0 Å². The molecule has 8 aromatic rings. The fraction of sp³-hybridized carbons (Fsp3) is 0. The van der Waals surface area contributed by atoms with Crippen LogP contribution in [0.15, 0.2) is 168 Å². The molecule has 1 heterocycles. The predicted molar refractivity (Wildman–Crippen MR) is 177 cm³/mol. The summed E-state index contributed by atoms with van der Waals surface area (Å²) < 4.78 is 6.62. The highest BCUT2D eigenvalue weighted by atomic mass is 16.3. The zero-order chi connectivity index (χ0) is 27.9. The summed E-state index contributed by atoms with van der Waals surface area (Å²) in [5.41, 5.74) is 9.75.